The van der Waals surface area contributed by atoms with E-state index in [-0.39, 0.29) is 5.75 Å². The molecule has 3 aromatic rings. The van der Waals surface area contributed by atoms with E-state index in [9.17, 15) is 5.11 Å². The summed E-state index contributed by atoms with van der Waals surface area (Å²) >= 11 is 0. The van der Waals surface area contributed by atoms with E-state index >= 15 is 0 Å². The number of phenols is 1. The molecule has 0 radical (unpaired) electrons. The molecule has 1 aromatic carbocycles. The third-order valence-corrected chi connectivity index (χ3v) is 5.04. The standard InChI is InChI=1S/C19H22N6O/c1-24(14-5-3-2-4-6-14)19-10-9-17(22-23-19)16-8-7-15(13-18(16)26)25-20-11-12-21-25/h7-14,26H,2-6H2,1H3. The Morgan fingerprint density at radius 1 is 1.00 bits per heavy atom. The fourth-order valence-electron chi connectivity index (χ4n) is 3.52. The molecular formula is C19H22N6O. The minimum atomic E-state index is 0.127. The maximum Gasteiger partial charge on any atom is 0.151 e. The van der Waals surface area contributed by atoms with Gasteiger partial charge in [0, 0.05) is 24.7 Å². The SMILES string of the molecule is CN(c1ccc(-c2ccc(-n3nccn3)cc2O)nn1)C1CCCCC1. The van der Waals surface area contributed by atoms with Crippen molar-refractivity contribution in [2.75, 3.05) is 11.9 Å². The molecule has 4 rings (SSSR count). The second kappa shape index (κ2) is 7.11. The highest BCUT2D eigenvalue weighted by molar-refractivity contribution is 5.68. The van der Waals surface area contributed by atoms with Crippen molar-refractivity contribution in [1.29, 1.82) is 0 Å². The van der Waals surface area contributed by atoms with Crippen LogP contribution in [0.4, 0.5) is 5.82 Å². The Morgan fingerprint density at radius 3 is 2.42 bits per heavy atom. The average molecular weight is 350 g/mol. The number of phenolic OH excluding ortho intramolecular Hbond substituents is 1. The minimum absolute atomic E-state index is 0.127. The van der Waals surface area contributed by atoms with Gasteiger partial charge in [0.15, 0.2) is 5.82 Å². The Balaban J connectivity index is 1.55. The summed E-state index contributed by atoms with van der Waals surface area (Å²) in [5, 5.41) is 27.2. The highest BCUT2D eigenvalue weighted by Crippen LogP contribution is 2.30. The lowest BCUT2D eigenvalue weighted by molar-refractivity contribution is 0.425. The van der Waals surface area contributed by atoms with E-state index in [4.69, 9.17) is 0 Å². The van der Waals surface area contributed by atoms with E-state index in [2.05, 4.69) is 32.3 Å². The molecule has 0 atom stereocenters. The molecular weight excluding hydrogens is 328 g/mol. The van der Waals surface area contributed by atoms with Gasteiger partial charge in [-0.05, 0) is 37.1 Å². The average Bonchev–Trinajstić information content (AvgIpc) is 3.23. The highest BCUT2D eigenvalue weighted by atomic mass is 16.3. The lowest BCUT2D eigenvalue weighted by Crippen LogP contribution is -2.34. The van der Waals surface area contributed by atoms with Crippen LogP contribution in [0.5, 0.6) is 5.75 Å². The van der Waals surface area contributed by atoms with Gasteiger partial charge >= 0.3 is 0 Å². The summed E-state index contributed by atoms with van der Waals surface area (Å²) in [7, 11) is 2.09. The first-order chi connectivity index (χ1) is 12.7. The summed E-state index contributed by atoms with van der Waals surface area (Å²) in [5.41, 5.74) is 1.97. The molecule has 1 aliphatic carbocycles. The van der Waals surface area contributed by atoms with E-state index in [1.165, 1.54) is 36.9 Å². The van der Waals surface area contributed by atoms with Gasteiger partial charge in [-0.2, -0.15) is 15.0 Å². The molecule has 1 fully saturated rings. The summed E-state index contributed by atoms with van der Waals surface area (Å²) in [6.07, 6.45) is 9.51. The zero-order chi connectivity index (χ0) is 17.9. The molecule has 1 aliphatic rings. The molecule has 0 aliphatic heterocycles. The number of anilines is 1. The predicted octanol–water partition coefficient (Wildman–Crippen LogP) is 3.20. The van der Waals surface area contributed by atoms with Crippen molar-refractivity contribution in [3.8, 4) is 22.7 Å². The van der Waals surface area contributed by atoms with Crippen LogP contribution in [-0.2, 0) is 0 Å². The second-order valence-electron chi connectivity index (χ2n) is 6.70. The molecule has 1 saturated carbocycles. The Labute approximate surface area is 152 Å². The van der Waals surface area contributed by atoms with Gasteiger partial charge in [0.2, 0.25) is 0 Å². The molecule has 0 unspecified atom stereocenters. The highest BCUT2D eigenvalue weighted by Gasteiger charge is 2.19. The van der Waals surface area contributed by atoms with Crippen LogP contribution in [0.25, 0.3) is 16.9 Å². The first kappa shape index (κ1) is 16.5. The van der Waals surface area contributed by atoms with Gasteiger partial charge < -0.3 is 10.0 Å². The number of nitrogens with zero attached hydrogens (tertiary/aromatic N) is 6. The van der Waals surface area contributed by atoms with E-state index in [0.717, 1.165) is 5.82 Å². The van der Waals surface area contributed by atoms with Gasteiger partial charge in [-0.1, -0.05) is 19.3 Å². The summed E-state index contributed by atoms with van der Waals surface area (Å²) in [6, 6.07) is 9.70. The molecule has 26 heavy (non-hydrogen) atoms. The van der Waals surface area contributed by atoms with Crippen LogP contribution in [0.15, 0.2) is 42.7 Å². The second-order valence-corrected chi connectivity index (χ2v) is 6.70. The van der Waals surface area contributed by atoms with Crippen molar-refractivity contribution in [3.05, 3.63) is 42.7 Å². The smallest absolute Gasteiger partial charge is 0.151 e. The summed E-state index contributed by atoms with van der Waals surface area (Å²) < 4.78 is 0. The molecule has 7 heteroatoms. The van der Waals surface area contributed by atoms with Crippen molar-refractivity contribution in [2.45, 2.75) is 38.1 Å². The summed E-state index contributed by atoms with van der Waals surface area (Å²) in [5.74, 6) is 1.000. The lowest BCUT2D eigenvalue weighted by atomic mass is 9.94. The van der Waals surface area contributed by atoms with E-state index in [0.29, 0.717) is 23.0 Å². The number of hydrogen-bond acceptors (Lipinski definition) is 6. The van der Waals surface area contributed by atoms with Crippen molar-refractivity contribution in [2.24, 2.45) is 0 Å². The van der Waals surface area contributed by atoms with Crippen LogP contribution >= 0.6 is 0 Å². The molecule has 2 aromatic heterocycles. The molecule has 134 valence electrons. The number of benzene rings is 1. The van der Waals surface area contributed by atoms with Gasteiger partial charge in [-0.3, -0.25) is 0 Å². The van der Waals surface area contributed by atoms with E-state index < -0.39 is 0 Å². The maximum atomic E-state index is 10.4. The van der Waals surface area contributed by atoms with E-state index in [1.54, 1.807) is 18.5 Å². The minimum Gasteiger partial charge on any atom is -0.507 e. The monoisotopic (exact) mass is 350 g/mol. The van der Waals surface area contributed by atoms with Gasteiger partial charge in [0.05, 0.1) is 23.8 Å². The number of rotatable bonds is 4. The lowest BCUT2D eigenvalue weighted by Gasteiger charge is -2.31. The largest absolute Gasteiger partial charge is 0.507 e. The zero-order valence-electron chi connectivity index (χ0n) is 14.8. The molecule has 2 heterocycles. The third kappa shape index (κ3) is 3.24. The topological polar surface area (TPSA) is 80.0 Å². The van der Waals surface area contributed by atoms with Crippen LogP contribution in [0, 0.1) is 0 Å². The van der Waals surface area contributed by atoms with Crippen LogP contribution in [-0.4, -0.2) is 43.4 Å². The molecule has 0 amide bonds. The Hall–Kier alpha value is -2.96. The molecule has 1 N–H and O–H groups in total. The Kier molecular flexibility index (Phi) is 4.51. The van der Waals surface area contributed by atoms with Crippen LogP contribution in [0.2, 0.25) is 0 Å². The number of hydrogen-bond donors (Lipinski definition) is 1. The molecule has 0 saturated heterocycles. The fraction of sp³-hybridized carbons (Fsp3) is 0.368. The van der Waals surface area contributed by atoms with Gasteiger partial charge in [0.1, 0.15) is 5.75 Å². The van der Waals surface area contributed by atoms with Crippen molar-refractivity contribution in [3.63, 3.8) is 0 Å². The summed E-state index contributed by atoms with van der Waals surface area (Å²) in [6.45, 7) is 0. The molecule has 0 bridgehead atoms. The number of aromatic hydroxyl groups is 1. The maximum absolute atomic E-state index is 10.4. The molecule has 0 spiro atoms. The summed E-state index contributed by atoms with van der Waals surface area (Å²) in [4.78, 5) is 3.68. The van der Waals surface area contributed by atoms with E-state index in [1.807, 2.05) is 24.3 Å². The quantitative estimate of drug-likeness (QED) is 0.778. The van der Waals surface area contributed by atoms with Crippen LogP contribution < -0.4 is 4.90 Å². The first-order valence-corrected chi connectivity index (χ1v) is 8.99. The van der Waals surface area contributed by atoms with Gasteiger partial charge in [0.25, 0.3) is 0 Å². The van der Waals surface area contributed by atoms with Crippen LogP contribution in [0.1, 0.15) is 32.1 Å². The zero-order valence-corrected chi connectivity index (χ0v) is 14.8. The number of aromatic nitrogens is 5. The predicted molar refractivity (Wildman–Crippen MR) is 99.3 cm³/mol. The normalized spacial score (nSPS) is 15.1. The fourth-order valence-corrected chi connectivity index (χ4v) is 3.52. The molecule has 7 nitrogen and oxygen atoms in total. The third-order valence-electron chi connectivity index (χ3n) is 5.04. The van der Waals surface area contributed by atoms with Crippen molar-refractivity contribution < 1.29 is 5.11 Å². The Bertz CT molecular complexity index is 856. The van der Waals surface area contributed by atoms with Crippen molar-refractivity contribution in [1.82, 2.24) is 25.2 Å². The van der Waals surface area contributed by atoms with Crippen LogP contribution in [0.3, 0.4) is 0 Å². The van der Waals surface area contributed by atoms with Gasteiger partial charge in [-0.25, -0.2) is 0 Å². The van der Waals surface area contributed by atoms with Gasteiger partial charge in [-0.15, -0.1) is 10.2 Å². The first-order valence-electron chi connectivity index (χ1n) is 8.99. The Morgan fingerprint density at radius 2 is 1.77 bits per heavy atom. The van der Waals surface area contributed by atoms with Crippen molar-refractivity contribution >= 4 is 5.82 Å².